The molecule has 0 unspecified atom stereocenters. The summed E-state index contributed by atoms with van der Waals surface area (Å²) >= 11 is 0. The monoisotopic (exact) mass is 179 g/mol. The Morgan fingerprint density at radius 2 is 1.60 bits per heavy atom. The van der Waals surface area contributed by atoms with Gasteiger partial charge in [-0.1, -0.05) is 0 Å². The molecule has 0 heterocycles. The molecule has 10 heavy (non-hydrogen) atoms. The molecule has 0 aromatic heterocycles. The molecule has 0 aromatic rings. The molecule has 0 aromatic carbocycles. The van der Waals surface area contributed by atoms with Crippen molar-refractivity contribution in [2.75, 3.05) is 0 Å². The van der Waals surface area contributed by atoms with E-state index in [9.17, 15) is 0 Å². The van der Waals surface area contributed by atoms with Crippen LogP contribution in [0.5, 0.6) is 0 Å². The molecule has 0 atom stereocenters. The Balaban J connectivity index is -0.0000000326. The minimum Gasteiger partial charge on any atom is -0.756 e. The molecule has 0 rings (SSSR count). The van der Waals surface area contributed by atoms with Gasteiger partial charge in [0, 0.05) is 6.92 Å². The molecule has 4 N–H and O–H groups in total. The first-order valence-corrected chi connectivity index (χ1v) is 3.02. The van der Waals surface area contributed by atoms with Gasteiger partial charge in [-0.2, -0.15) is 5.26 Å². The minimum absolute atomic E-state index is 0. The first-order chi connectivity index (χ1) is 3.41. The normalized spacial score (nSPS) is 6.70. The van der Waals surface area contributed by atoms with Crippen molar-refractivity contribution in [3.05, 3.63) is 0 Å². The summed E-state index contributed by atoms with van der Waals surface area (Å²) in [6, 6.07) is 1.75. The Hall–Kier alpha value is 0.560. The van der Waals surface area contributed by atoms with E-state index in [1.807, 2.05) is 0 Å². The molecule has 0 aliphatic rings. The number of rotatable bonds is 0. The van der Waals surface area contributed by atoms with Crippen LogP contribution in [-0.2, 0) is 4.57 Å². The van der Waals surface area contributed by atoms with Gasteiger partial charge in [0.1, 0.15) is 0 Å². The number of nitrogens with zero attached hydrogens (tertiary/aromatic N) is 1. The fourth-order valence-electron chi connectivity index (χ4n) is 0. The molecule has 56 valence electrons. The molecule has 0 bridgehead atoms. The Morgan fingerprint density at radius 3 is 1.60 bits per heavy atom. The Bertz CT molecular complexity index is 118. The molecular formula is C2H7NNaO5P. The van der Waals surface area contributed by atoms with Crippen LogP contribution in [0.2, 0.25) is 0 Å². The third-order valence-electron chi connectivity index (χ3n) is 0. The minimum atomic E-state index is -4.89. The van der Waals surface area contributed by atoms with Crippen molar-refractivity contribution in [2.24, 2.45) is 0 Å². The van der Waals surface area contributed by atoms with E-state index in [4.69, 9.17) is 24.5 Å². The molecular weight excluding hydrogens is 172 g/mol. The van der Waals surface area contributed by atoms with Crippen LogP contribution in [0.1, 0.15) is 6.92 Å². The topological polar surface area (TPSA) is 136 Å². The maximum absolute atomic E-state index is 8.77. The summed E-state index contributed by atoms with van der Waals surface area (Å²) in [7, 11) is -4.89. The molecule has 0 aliphatic heterocycles. The van der Waals surface area contributed by atoms with Gasteiger partial charge in [-0.25, -0.2) is 0 Å². The number of nitriles is 1. The summed E-state index contributed by atoms with van der Waals surface area (Å²) in [6.07, 6.45) is 0. The van der Waals surface area contributed by atoms with Gasteiger partial charge in [-0.15, -0.1) is 0 Å². The van der Waals surface area contributed by atoms with E-state index in [1.54, 1.807) is 6.07 Å². The third kappa shape index (κ3) is 1560. The van der Waals surface area contributed by atoms with Crippen LogP contribution in [0.3, 0.4) is 0 Å². The molecule has 6 nitrogen and oxygen atoms in total. The zero-order valence-electron chi connectivity index (χ0n) is 5.61. The smallest absolute Gasteiger partial charge is 0.756 e. The molecule has 0 aliphatic carbocycles. The van der Waals surface area contributed by atoms with E-state index >= 15 is 0 Å². The average Bonchev–Trinajstić information content (AvgIpc) is 1.27. The van der Waals surface area contributed by atoms with Crippen LogP contribution in [0.4, 0.5) is 0 Å². The number of hydrogen-bond acceptors (Lipinski definition) is 3. The Kier molecular flexibility index (Phi) is 27.5. The van der Waals surface area contributed by atoms with E-state index in [1.165, 1.54) is 6.92 Å². The maximum Gasteiger partial charge on any atom is 1.00 e. The van der Waals surface area contributed by atoms with Gasteiger partial charge in [0.15, 0.2) is 0 Å². The molecule has 8 heteroatoms. The van der Waals surface area contributed by atoms with Gasteiger partial charge in [0.25, 0.3) is 7.82 Å². The molecule has 0 radical (unpaired) electrons. The summed E-state index contributed by atoms with van der Waals surface area (Å²) in [4.78, 5) is 22.9. The summed E-state index contributed by atoms with van der Waals surface area (Å²) < 4.78 is 8.77. The third-order valence-corrected chi connectivity index (χ3v) is 0. The van der Waals surface area contributed by atoms with Crippen LogP contribution >= 0.6 is 7.82 Å². The first-order valence-electron chi connectivity index (χ1n) is 1.49. The number of hydrogen-bond donors (Lipinski definition) is 2. The van der Waals surface area contributed by atoms with E-state index in [-0.39, 0.29) is 35.0 Å². The van der Waals surface area contributed by atoms with Gasteiger partial charge in [0.05, 0.1) is 6.07 Å². The second-order valence-electron chi connectivity index (χ2n) is 0.714. The van der Waals surface area contributed by atoms with Crippen molar-refractivity contribution in [1.82, 2.24) is 0 Å². The van der Waals surface area contributed by atoms with Crippen molar-refractivity contribution in [2.45, 2.75) is 6.92 Å². The van der Waals surface area contributed by atoms with Gasteiger partial charge in [0.2, 0.25) is 0 Å². The van der Waals surface area contributed by atoms with Gasteiger partial charge in [-0.05, 0) is 0 Å². The van der Waals surface area contributed by atoms with Crippen molar-refractivity contribution >= 4 is 7.82 Å². The second-order valence-corrected chi connectivity index (χ2v) is 1.70. The van der Waals surface area contributed by atoms with Crippen molar-refractivity contribution in [1.29, 1.82) is 5.26 Å². The quantitative estimate of drug-likeness (QED) is 0.284. The largest absolute Gasteiger partial charge is 1.00 e. The zero-order chi connectivity index (χ0) is 7.21. The second kappa shape index (κ2) is 12.3. The standard InChI is InChI=1S/C2H3N.Na.H3O4P.H2O/c1-2-3;;1-5(2,3)4;/h1H3;;(H3,1,2,3,4);1H2/q;+1;;/p-1. The summed E-state index contributed by atoms with van der Waals surface area (Å²) in [5.41, 5.74) is 0. The van der Waals surface area contributed by atoms with E-state index in [0.717, 1.165) is 0 Å². The maximum atomic E-state index is 8.77. The van der Waals surface area contributed by atoms with Crippen molar-refractivity contribution in [3.8, 4) is 6.07 Å². The SMILES string of the molecule is CC#N.O.O=P([O-])(O)O.[Na+]. The summed E-state index contributed by atoms with van der Waals surface area (Å²) in [6.45, 7) is 1.43. The molecule has 0 saturated heterocycles. The van der Waals surface area contributed by atoms with Gasteiger partial charge >= 0.3 is 29.6 Å². The van der Waals surface area contributed by atoms with Crippen molar-refractivity contribution in [3.63, 3.8) is 0 Å². The summed E-state index contributed by atoms with van der Waals surface area (Å²) in [5, 5.41) is 7.32. The fourth-order valence-corrected chi connectivity index (χ4v) is 0. The fraction of sp³-hybridized carbons (Fsp3) is 0.500. The average molecular weight is 179 g/mol. The molecule has 0 amide bonds. The van der Waals surface area contributed by atoms with E-state index < -0.39 is 7.82 Å². The van der Waals surface area contributed by atoms with Crippen LogP contribution in [-0.4, -0.2) is 15.3 Å². The van der Waals surface area contributed by atoms with Gasteiger partial charge < -0.3 is 20.2 Å². The van der Waals surface area contributed by atoms with Gasteiger partial charge in [-0.3, -0.25) is 4.57 Å². The van der Waals surface area contributed by atoms with Crippen molar-refractivity contribution < 1.29 is 54.3 Å². The molecule has 0 fully saturated rings. The predicted molar refractivity (Wildman–Crippen MR) is 26.9 cm³/mol. The van der Waals surface area contributed by atoms with Crippen LogP contribution in [0.25, 0.3) is 0 Å². The first kappa shape index (κ1) is 22.4. The number of phosphoric acid groups is 1. The predicted octanol–water partition coefficient (Wildman–Crippen LogP) is -4.85. The summed E-state index contributed by atoms with van der Waals surface area (Å²) in [5.74, 6) is 0. The van der Waals surface area contributed by atoms with E-state index in [2.05, 4.69) is 0 Å². The Morgan fingerprint density at radius 1 is 1.60 bits per heavy atom. The van der Waals surface area contributed by atoms with Crippen LogP contribution in [0.15, 0.2) is 0 Å². The molecule has 0 saturated carbocycles. The zero-order valence-corrected chi connectivity index (χ0v) is 8.50. The van der Waals surface area contributed by atoms with E-state index in [0.29, 0.717) is 0 Å². The molecule has 0 spiro atoms. The van der Waals surface area contributed by atoms with Crippen LogP contribution in [0, 0.1) is 11.3 Å². The Labute approximate surface area is 80.3 Å². The van der Waals surface area contributed by atoms with Crippen LogP contribution < -0.4 is 34.5 Å².